The maximum absolute atomic E-state index is 13.1. The first-order valence-electron chi connectivity index (χ1n) is 6.89. The predicted octanol–water partition coefficient (Wildman–Crippen LogP) is 4.50. The fraction of sp³-hybridized carbons (Fsp3) is 0.357. The van der Waals surface area contributed by atoms with Gasteiger partial charge in [0.25, 0.3) is 0 Å². The van der Waals surface area contributed by atoms with Gasteiger partial charge in [0.05, 0.1) is 17.4 Å². The molecule has 0 aliphatic carbocycles. The summed E-state index contributed by atoms with van der Waals surface area (Å²) < 4.78 is 39.2. The number of nitrogens with one attached hydrogen (secondary N) is 2. The molecule has 5 nitrogen and oxygen atoms in total. The van der Waals surface area contributed by atoms with Crippen LogP contribution < -0.4 is 10.6 Å². The van der Waals surface area contributed by atoms with Gasteiger partial charge in [-0.05, 0) is 31.5 Å². The SMILES string of the molecule is CCC(C)Nc1nncc(Nc2ccc(Cl)cc2C(F)(F)F)n1. The van der Waals surface area contributed by atoms with Crippen LogP contribution in [0.2, 0.25) is 5.02 Å². The van der Waals surface area contributed by atoms with Crippen LogP contribution in [0.4, 0.5) is 30.6 Å². The van der Waals surface area contributed by atoms with E-state index >= 15 is 0 Å². The topological polar surface area (TPSA) is 62.7 Å². The highest BCUT2D eigenvalue weighted by molar-refractivity contribution is 6.30. The van der Waals surface area contributed by atoms with Crippen LogP contribution in [0.25, 0.3) is 0 Å². The lowest BCUT2D eigenvalue weighted by Crippen LogP contribution is -2.16. The van der Waals surface area contributed by atoms with Crippen molar-refractivity contribution in [1.29, 1.82) is 0 Å². The molecule has 0 bridgehead atoms. The van der Waals surface area contributed by atoms with E-state index in [-0.39, 0.29) is 28.5 Å². The summed E-state index contributed by atoms with van der Waals surface area (Å²) in [4.78, 5) is 4.11. The fourth-order valence-electron chi connectivity index (χ4n) is 1.75. The normalized spacial score (nSPS) is 12.8. The molecule has 1 atom stereocenters. The first-order chi connectivity index (χ1) is 10.8. The average Bonchev–Trinajstić information content (AvgIpc) is 2.48. The second kappa shape index (κ2) is 6.99. The van der Waals surface area contributed by atoms with Crippen LogP contribution >= 0.6 is 11.6 Å². The van der Waals surface area contributed by atoms with Gasteiger partial charge in [-0.1, -0.05) is 18.5 Å². The Bertz CT molecular complexity index is 678. The van der Waals surface area contributed by atoms with E-state index < -0.39 is 11.7 Å². The summed E-state index contributed by atoms with van der Waals surface area (Å²) in [5, 5.41) is 13.1. The van der Waals surface area contributed by atoms with E-state index in [4.69, 9.17) is 11.6 Å². The average molecular weight is 346 g/mol. The van der Waals surface area contributed by atoms with Gasteiger partial charge in [0.15, 0.2) is 5.82 Å². The van der Waals surface area contributed by atoms with Gasteiger partial charge in [0, 0.05) is 11.1 Å². The molecule has 9 heteroatoms. The van der Waals surface area contributed by atoms with Crippen molar-refractivity contribution in [3.05, 3.63) is 35.0 Å². The van der Waals surface area contributed by atoms with Gasteiger partial charge < -0.3 is 10.6 Å². The van der Waals surface area contributed by atoms with E-state index in [9.17, 15) is 13.2 Å². The lowest BCUT2D eigenvalue weighted by atomic mass is 10.1. The monoisotopic (exact) mass is 345 g/mol. The zero-order chi connectivity index (χ0) is 17.0. The Kier molecular flexibility index (Phi) is 5.25. The quantitative estimate of drug-likeness (QED) is 0.835. The third-order valence-corrected chi connectivity index (χ3v) is 3.33. The van der Waals surface area contributed by atoms with E-state index in [2.05, 4.69) is 25.8 Å². The summed E-state index contributed by atoms with van der Waals surface area (Å²) in [6, 6.07) is 3.59. The second-order valence-corrected chi connectivity index (χ2v) is 5.37. The molecule has 0 fully saturated rings. The zero-order valence-electron chi connectivity index (χ0n) is 12.4. The first kappa shape index (κ1) is 17.3. The van der Waals surface area contributed by atoms with Crippen LogP contribution in [0.3, 0.4) is 0 Å². The zero-order valence-corrected chi connectivity index (χ0v) is 13.2. The molecule has 2 rings (SSSR count). The maximum Gasteiger partial charge on any atom is 0.418 e. The van der Waals surface area contributed by atoms with Crippen LogP contribution in [0.1, 0.15) is 25.8 Å². The molecule has 0 amide bonds. The van der Waals surface area contributed by atoms with Crippen molar-refractivity contribution in [3.63, 3.8) is 0 Å². The highest BCUT2D eigenvalue weighted by Gasteiger charge is 2.34. The summed E-state index contributed by atoms with van der Waals surface area (Å²) in [5.74, 6) is 0.394. The highest BCUT2D eigenvalue weighted by Crippen LogP contribution is 2.37. The first-order valence-corrected chi connectivity index (χ1v) is 7.27. The lowest BCUT2D eigenvalue weighted by molar-refractivity contribution is -0.136. The number of hydrogen-bond donors (Lipinski definition) is 2. The molecule has 2 N–H and O–H groups in total. The fourth-order valence-corrected chi connectivity index (χ4v) is 1.92. The van der Waals surface area contributed by atoms with Crippen LogP contribution in [0, 0.1) is 0 Å². The Labute approximate surface area is 136 Å². The van der Waals surface area contributed by atoms with Crippen LogP contribution in [0.15, 0.2) is 24.4 Å². The maximum atomic E-state index is 13.1. The molecule has 1 unspecified atom stereocenters. The third-order valence-electron chi connectivity index (χ3n) is 3.10. The molecular weight excluding hydrogens is 331 g/mol. The van der Waals surface area contributed by atoms with E-state index in [0.717, 1.165) is 12.5 Å². The minimum Gasteiger partial charge on any atom is -0.350 e. The van der Waals surface area contributed by atoms with Crippen molar-refractivity contribution in [1.82, 2.24) is 15.2 Å². The van der Waals surface area contributed by atoms with E-state index in [1.165, 1.54) is 18.3 Å². The Balaban J connectivity index is 2.28. The number of rotatable bonds is 5. The molecule has 124 valence electrons. The van der Waals surface area contributed by atoms with Crippen molar-refractivity contribution in [2.24, 2.45) is 0 Å². The molecule has 1 aromatic carbocycles. The number of halogens is 4. The Morgan fingerprint density at radius 3 is 2.70 bits per heavy atom. The van der Waals surface area contributed by atoms with Gasteiger partial charge in [-0.2, -0.15) is 23.3 Å². The Hall–Kier alpha value is -2.09. The van der Waals surface area contributed by atoms with Crippen LogP contribution in [0.5, 0.6) is 0 Å². The number of benzene rings is 1. The number of nitrogens with zero attached hydrogens (tertiary/aromatic N) is 3. The standard InChI is InChI=1S/C14H15ClF3N5/c1-3-8(2)20-13-22-12(7-19-23-13)21-11-5-4-9(15)6-10(11)14(16,17)18/h4-8H,3H2,1-2H3,(H2,20,21,22,23). The number of anilines is 3. The van der Waals surface area contributed by atoms with Crippen molar-refractivity contribution >= 4 is 29.1 Å². The lowest BCUT2D eigenvalue weighted by Gasteiger charge is -2.15. The van der Waals surface area contributed by atoms with Crippen LogP contribution in [-0.4, -0.2) is 21.2 Å². The largest absolute Gasteiger partial charge is 0.418 e. The van der Waals surface area contributed by atoms with Crippen molar-refractivity contribution in [2.45, 2.75) is 32.5 Å². The molecule has 2 aromatic rings. The molecule has 0 aliphatic rings. The minimum absolute atomic E-state index is 0.00261. The van der Waals surface area contributed by atoms with Crippen molar-refractivity contribution in [2.75, 3.05) is 10.6 Å². The predicted molar refractivity (Wildman–Crippen MR) is 82.9 cm³/mol. The smallest absolute Gasteiger partial charge is 0.350 e. The molecule has 1 aromatic heterocycles. The van der Waals surface area contributed by atoms with Gasteiger partial charge in [0.1, 0.15) is 0 Å². The van der Waals surface area contributed by atoms with Crippen molar-refractivity contribution in [3.8, 4) is 0 Å². The molecule has 1 heterocycles. The van der Waals surface area contributed by atoms with Gasteiger partial charge in [-0.3, -0.25) is 0 Å². The minimum atomic E-state index is -4.54. The molecular formula is C14H15ClF3N5. The van der Waals surface area contributed by atoms with E-state index in [0.29, 0.717) is 0 Å². The number of alkyl halides is 3. The summed E-state index contributed by atoms with van der Waals surface area (Å²) >= 11 is 5.65. The van der Waals surface area contributed by atoms with Gasteiger partial charge >= 0.3 is 6.18 Å². The van der Waals surface area contributed by atoms with Gasteiger partial charge in [-0.15, -0.1) is 5.10 Å². The molecule has 23 heavy (non-hydrogen) atoms. The number of aromatic nitrogens is 3. The second-order valence-electron chi connectivity index (χ2n) is 4.93. The summed E-state index contributed by atoms with van der Waals surface area (Å²) in [6.07, 6.45) is -2.45. The molecule has 0 saturated carbocycles. The summed E-state index contributed by atoms with van der Waals surface area (Å²) in [6.45, 7) is 3.92. The molecule has 0 aliphatic heterocycles. The van der Waals surface area contributed by atoms with Crippen molar-refractivity contribution < 1.29 is 13.2 Å². The Morgan fingerprint density at radius 2 is 2.04 bits per heavy atom. The van der Waals surface area contributed by atoms with E-state index in [1.807, 2.05) is 13.8 Å². The van der Waals surface area contributed by atoms with Crippen LogP contribution in [-0.2, 0) is 6.18 Å². The van der Waals surface area contributed by atoms with E-state index in [1.54, 1.807) is 0 Å². The Morgan fingerprint density at radius 1 is 1.30 bits per heavy atom. The highest BCUT2D eigenvalue weighted by atomic mass is 35.5. The van der Waals surface area contributed by atoms with Gasteiger partial charge in [-0.25, -0.2) is 0 Å². The number of hydrogen-bond acceptors (Lipinski definition) is 5. The summed E-state index contributed by atoms with van der Waals surface area (Å²) in [5.41, 5.74) is -1.03. The molecule has 0 spiro atoms. The third kappa shape index (κ3) is 4.69. The molecule has 0 radical (unpaired) electrons. The van der Waals surface area contributed by atoms with Gasteiger partial charge in [0.2, 0.25) is 5.95 Å². The molecule has 0 saturated heterocycles. The summed E-state index contributed by atoms with van der Waals surface area (Å²) in [7, 11) is 0.